The number of amides is 6. The van der Waals surface area contributed by atoms with Crippen molar-refractivity contribution in [2.75, 3.05) is 31.2 Å². The summed E-state index contributed by atoms with van der Waals surface area (Å²) in [6.45, 7) is 19.8. The van der Waals surface area contributed by atoms with Crippen molar-refractivity contribution in [2.45, 2.75) is 161 Å². The average Bonchev–Trinajstić information content (AvgIpc) is 1.54. The molecule has 2 heterocycles. The zero-order chi connectivity index (χ0) is 68.4. The minimum absolute atomic E-state index is 0.113. The van der Waals surface area contributed by atoms with Crippen molar-refractivity contribution < 1.29 is 93.5 Å². The van der Waals surface area contributed by atoms with Crippen LogP contribution in [0, 0.1) is 46.7 Å². The average molecular weight is 1340 g/mol. The number of halogens is 6. The summed E-state index contributed by atoms with van der Waals surface area (Å²) in [5, 5.41) is 18.3. The van der Waals surface area contributed by atoms with Gasteiger partial charge in [-0.05, 0) is 120 Å². The highest BCUT2D eigenvalue weighted by Gasteiger charge is 2.38. The number of hydrogen-bond donors (Lipinski definition) is 5. The Morgan fingerprint density at radius 1 is 0.554 bits per heavy atom. The fourth-order valence-corrected chi connectivity index (χ4v) is 11.5. The maximum Gasteiger partial charge on any atom is 0.407 e. The van der Waals surface area contributed by atoms with E-state index in [0.717, 1.165) is 5.56 Å². The van der Waals surface area contributed by atoms with Gasteiger partial charge in [0.1, 0.15) is 34.3 Å². The summed E-state index contributed by atoms with van der Waals surface area (Å²) in [7, 11) is 0. The van der Waals surface area contributed by atoms with Gasteiger partial charge in [-0.25, -0.2) is 45.5 Å². The molecule has 0 bridgehead atoms. The standard InChI is InChI=1S/C33H42F3N3O7S.C31H38F3N3O7S/c1-7-44-31(42)28(19(2)3)45-23-10-8-20(9-11-23)18-37-29(41)30-39(12-13-47-30)27(40)16-22(38-32(43)46-33(4,5)6)14-21-15-25(35)26(36)17-24(21)34;1-17(2)26(29(40)41)43-21-8-6-18(7-9-21)16-35-27(39)28-37(10-11-45-28)25(38)14-20(36-30(42)44-31(3,4)5)12-19-13-23(33)24(34)15-22(19)32/h8-11,15,17,19,22,28,30H,7,12-14,16,18H2,1-6H3,(H,37,41)(H,38,43);6-9,13,15,17,20,26,28H,10-12,14,16H2,1-5H3,(H,35,39)(H,36,42)(H,40,41)/t22-,28-,30+;20-,26-,28+/m11/s1. The van der Waals surface area contributed by atoms with E-state index in [4.69, 9.17) is 23.7 Å². The lowest BCUT2D eigenvalue weighted by molar-refractivity contribution is -0.153. The quantitative estimate of drug-likeness (QED) is 0.0179. The number of carbonyl (C=O) groups is 8. The molecule has 6 rings (SSSR count). The van der Waals surface area contributed by atoms with Crippen molar-refractivity contribution in [3.63, 3.8) is 0 Å². The number of carbonyl (C=O) groups excluding carboxylic acids is 7. The van der Waals surface area contributed by atoms with Crippen LogP contribution >= 0.6 is 23.5 Å². The van der Waals surface area contributed by atoms with Crippen molar-refractivity contribution >= 4 is 71.3 Å². The van der Waals surface area contributed by atoms with Gasteiger partial charge in [0.25, 0.3) is 11.8 Å². The Kier molecular flexibility index (Phi) is 27.8. The van der Waals surface area contributed by atoms with E-state index in [1.54, 1.807) is 111 Å². The molecule has 0 saturated carbocycles. The second kappa shape index (κ2) is 34.1. The summed E-state index contributed by atoms with van der Waals surface area (Å²) in [5.41, 5.74) is -0.759. The van der Waals surface area contributed by atoms with Gasteiger partial charge >= 0.3 is 24.1 Å². The molecule has 2 fully saturated rings. The highest BCUT2D eigenvalue weighted by Crippen LogP contribution is 2.29. The van der Waals surface area contributed by atoms with Gasteiger partial charge in [-0.1, -0.05) is 52.0 Å². The normalized spacial score (nSPS) is 16.1. The van der Waals surface area contributed by atoms with Gasteiger partial charge in [0.2, 0.25) is 11.8 Å². The minimum Gasteiger partial charge on any atom is -0.478 e. The van der Waals surface area contributed by atoms with Crippen molar-refractivity contribution in [2.24, 2.45) is 11.8 Å². The van der Waals surface area contributed by atoms with Gasteiger partial charge in [-0.2, -0.15) is 0 Å². The lowest BCUT2D eigenvalue weighted by Crippen LogP contribution is -2.48. The van der Waals surface area contributed by atoms with Crippen LogP contribution in [0.1, 0.15) is 111 Å². The molecular weight excluding hydrogens is 1250 g/mol. The van der Waals surface area contributed by atoms with Crippen LogP contribution in [-0.2, 0) is 68.9 Å². The number of esters is 1. The first-order chi connectivity index (χ1) is 43.1. The third-order valence-electron chi connectivity index (χ3n) is 13.5. The first kappa shape index (κ1) is 74.8. The Bertz CT molecular complexity index is 3230. The number of rotatable bonds is 25. The summed E-state index contributed by atoms with van der Waals surface area (Å²) in [6, 6.07) is 13.5. The summed E-state index contributed by atoms with van der Waals surface area (Å²) in [4.78, 5) is 104. The molecule has 6 atom stereocenters. The van der Waals surface area contributed by atoms with Crippen LogP contribution in [-0.4, -0.2) is 140 Å². The van der Waals surface area contributed by atoms with Crippen LogP contribution in [0.25, 0.3) is 0 Å². The lowest BCUT2D eigenvalue weighted by Gasteiger charge is -2.27. The molecular formula is C64H80F6N6O14S2. The summed E-state index contributed by atoms with van der Waals surface area (Å²) >= 11 is 2.52. The molecule has 0 radical (unpaired) electrons. The first-order valence-corrected chi connectivity index (χ1v) is 31.8. The molecule has 5 N–H and O–H groups in total. The summed E-state index contributed by atoms with van der Waals surface area (Å²) < 4.78 is 111. The SMILES string of the molecule is CC(C)[C@@H](Oc1ccc(CNC(=O)[C@@H]2SCCN2C(=O)C[C@@H](Cc2cc(F)c(F)cc2F)NC(=O)OC(C)(C)C)cc1)C(=O)O.CCOC(=O)[C@H](Oc1ccc(CNC(=O)[C@@H]2SCCN2C(=O)C[C@@H](Cc2cc(F)c(F)cc2F)NC(=O)OC(C)(C)C)cc1)C(C)C. The van der Waals surface area contributed by atoms with E-state index in [9.17, 15) is 69.8 Å². The largest absolute Gasteiger partial charge is 0.478 e. The molecule has 4 aromatic rings. The second-order valence-corrected chi connectivity index (χ2v) is 26.6. The van der Waals surface area contributed by atoms with E-state index in [-0.39, 0.29) is 81.4 Å². The van der Waals surface area contributed by atoms with E-state index in [2.05, 4.69) is 21.3 Å². The second-order valence-electron chi connectivity index (χ2n) is 24.2. The molecule has 0 spiro atoms. The van der Waals surface area contributed by atoms with Crippen LogP contribution < -0.4 is 30.7 Å². The number of nitrogens with one attached hydrogen (secondary N) is 4. The maximum atomic E-state index is 14.5. The molecule has 0 unspecified atom stereocenters. The molecule has 0 aromatic heterocycles. The minimum atomic E-state index is -1.37. The molecule has 92 heavy (non-hydrogen) atoms. The molecule has 4 aromatic carbocycles. The summed E-state index contributed by atoms with van der Waals surface area (Å²) in [5.74, 6) is -9.27. The van der Waals surface area contributed by atoms with Crippen LogP contribution in [0.4, 0.5) is 35.9 Å². The smallest absolute Gasteiger partial charge is 0.407 e. The lowest BCUT2D eigenvalue weighted by atomic mass is 10.0. The van der Waals surface area contributed by atoms with Crippen LogP contribution in [0.5, 0.6) is 11.5 Å². The third kappa shape index (κ3) is 23.7. The number of hydrogen-bond acceptors (Lipinski definition) is 15. The van der Waals surface area contributed by atoms with Gasteiger partial charge in [0.15, 0.2) is 46.2 Å². The fourth-order valence-electron chi connectivity index (χ4n) is 9.18. The summed E-state index contributed by atoms with van der Waals surface area (Å²) in [6.07, 6.45) is -4.91. The molecule has 6 amide bonds. The van der Waals surface area contributed by atoms with Gasteiger partial charge in [-0.3, -0.25) is 19.2 Å². The highest BCUT2D eigenvalue weighted by atomic mass is 32.2. The van der Waals surface area contributed by atoms with Crippen molar-refractivity contribution in [1.29, 1.82) is 0 Å². The molecule has 20 nitrogen and oxygen atoms in total. The number of ether oxygens (including phenoxy) is 5. The molecule has 2 aliphatic rings. The van der Waals surface area contributed by atoms with Gasteiger partial charge in [0.05, 0.1) is 6.61 Å². The predicted molar refractivity (Wildman–Crippen MR) is 331 cm³/mol. The van der Waals surface area contributed by atoms with E-state index in [1.807, 2.05) is 13.8 Å². The zero-order valence-corrected chi connectivity index (χ0v) is 54.7. The van der Waals surface area contributed by atoms with Crippen molar-refractivity contribution in [1.82, 2.24) is 31.1 Å². The number of carboxylic acid groups (broad SMARTS) is 1. The number of nitrogens with zero attached hydrogens (tertiary/aromatic N) is 2. The Labute approximate surface area is 539 Å². The molecule has 2 saturated heterocycles. The maximum absolute atomic E-state index is 14.5. The Hall–Kier alpha value is -7.88. The van der Waals surface area contributed by atoms with E-state index in [0.29, 0.717) is 52.8 Å². The Morgan fingerprint density at radius 3 is 1.25 bits per heavy atom. The number of aliphatic carboxylic acids is 1. The number of carboxylic acids is 1. The number of benzene rings is 4. The van der Waals surface area contributed by atoms with Crippen LogP contribution in [0.15, 0.2) is 72.8 Å². The number of alkyl carbamates (subject to hydrolysis) is 2. The van der Waals surface area contributed by atoms with Crippen molar-refractivity contribution in [3.8, 4) is 11.5 Å². The molecule has 28 heteroatoms. The zero-order valence-electron chi connectivity index (χ0n) is 53.1. The first-order valence-electron chi connectivity index (χ1n) is 29.7. The fraction of sp³-hybridized carbons (Fsp3) is 0.500. The monoisotopic (exact) mass is 1330 g/mol. The van der Waals surface area contributed by atoms with Gasteiger partial charge in [0, 0.05) is 86.6 Å². The van der Waals surface area contributed by atoms with E-state index >= 15 is 0 Å². The highest BCUT2D eigenvalue weighted by molar-refractivity contribution is 8.01. The Balaban J connectivity index is 0.000000334. The topological polar surface area (TPSA) is 258 Å². The van der Waals surface area contributed by atoms with Crippen LogP contribution in [0.3, 0.4) is 0 Å². The molecule has 2 aliphatic heterocycles. The van der Waals surface area contributed by atoms with Gasteiger partial charge < -0.3 is 59.9 Å². The Morgan fingerprint density at radius 2 is 0.913 bits per heavy atom. The van der Waals surface area contributed by atoms with Crippen LogP contribution in [0.2, 0.25) is 0 Å². The number of thioether (sulfide) groups is 2. The molecule has 0 aliphatic carbocycles. The molecule has 504 valence electrons. The van der Waals surface area contributed by atoms with Gasteiger partial charge in [-0.15, -0.1) is 23.5 Å². The van der Waals surface area contributed by atoms with E-state index < -0.39 is 129 Å². The van der Waals surface area contributed by atoms with Crippen molar-refractivity contribution in [3.05, 3.63) is 130 Å². The third-order valence-corrected chi connectivity index (χ3v) is 16.0. The predicted octanol–water partition coefficient (Wildman–Crippen LogP) is 9.75. The van der Waals surface area contributed by atoms with E-state index in [1.165, 1.54) is 33.3 Å².